The summed E-state index contributed by atoms with van der Waals surface area (Å²) in [6.45, 7) is 0.278. The monoisotopic (exact) mass is 412 g/mol. The zero-order chi connectivity index (χ0) is 20.6. The van der Waals surface area contributed by atoms with Crippen LogP contribution in [-0.4, -0.2) is 19.2 Å². The van der Waals surface area contributed by atoms with Gasteiger partial charge in [0.1, 0.15) is 12.4 Å². The van der Waals surface area contributed by atoms with Crippen LogP contribution in [0.5, 0.6) is 11.5 Å². The van der Waals surface area contributed by atoms with E-state index < -0.39 is 0 Å². The van der Waals surface area contributed by atoms with Crippen LogP contribution in [0.25, 0.3) is 0 Å². The van der Waals surface area contributed by atoms with Crippen LogP contribution in [0, 0.1) is 5.82 Å². The number of benzene rings is 3. The van der Waals surface area contributed by atoms with Crippen molar-refractivity contribution in [3.05, 3.63) is 94.3 Å². The number of ether oxygens (including phenoxy) is 2. The Labute approximate surface area is 172 Å². The first kappa shape index (κ1) is 20.4. The second-order valence-corrected chi connectivity index (χ2v) is 6.47. The molecule has 0 saturated carbocycles. The Kier molecular flexibility index (Phi) is 6.81. The van der Waals surface area contributed by atoms with Crippen molar-refractivity contribution in [1.82, 2.24) is 5.43 Å². The van der Waals surface area contributed by atoms with E-state index in [1.165, 1.54) is 25.5 Å². The Morgan fingerprint density at radius 3 is 2.62 bits per heavy atom. The van der Waals surface area contributed by atoms with Crippen molar-refractivity contribution >= 4 is 23.7 Å². The number of amides is 1. The lowest BCUT2D eigenvalue weighted by Crippen LogP contribution is -2.17. The summed E-state index contributed by atoms with van der Waals surface area (Å²) in [5.41, 5.74) is 4.41. The Bertz CT molecular complexity index is 1020. The Morgan fingerprint density at radius 1 is 1.10 bits per heavy atom. The molecule has 0 aromatic heterocycles. The van der Waals surface area contributed by atoms with Crippen molar-refractivity contribution in [3.8, 4) is 11.5 Å². The zero-order valence-electron chi connectivity index (χ0n) is 15.6. The largest absolute Gasteiger partial charge is 0.493 e. The summed E-state index contributed by atoms with van der Waals surface area (Å²) in [7, 11) is 1.53. The lowest BCUT2D eigenvalue weighted by Gasteiger charge is -2.11. The summed E-state index contributed by atoms with van der Waals surface area (Å²) in [6.07, 6.45) is 1.49. The molecule has 3 rings (SSSR count). The predicted octanol–water partition coefficient (Wildman–Crippen LogP) is 4.83. The van der Waals surface area contributed by atoms with Gasteiger partial charge in [-0.05, 0) is 59.7 Å². The normalized spacial score (nSPS) is 10.7. The van der Waals surface area contributed by atoms with Crippen molar-refractivity contribution in [3.63, 3.8) is 0 Å². The van der Waals surface area contributed by atoms with Gasteiger partial charge in [-0.15, -0.1) is 0 Å². The Balaban J connectivity index is 1.62. The minimum atomic E-state index is -0.366. The molecule has 0 unspecified atom stereocenters. The number of carbonyl (C=O) groups excluding carboxylic acids is 1. The molecule has 29 heavy (non-hydrogen) atoms. The molecule has 0 atom stereocenters. The van der Waals surface area contributed by atoms with Crippen molar-refractivity contribution in [2.24, 2.45) is 5.10 Å². The number of hydrogen-bond acceptors (Lipinski definition) is 4. The lowest BCUT2D eigenvalue weighted by molar-refractivity contribution is 0.0955. The summed E-state index contributed by atoms with van der Waals surface area (Å²) >= 11 is 5.88. The number of halogens is 2. The van der Waals surface area contributed by atoms with Gasteiger partial charge in [-0.25, -0.2) is 9.82 Å². The quantitative estimate of drug-likeness (QED) is 0.446. The number of methoxy groups -OCH3 is 1. The molecule has 1 N–H and O–H groups in total. The summed E-state index contributed by atoms with van der Waals surface area (Å²) in [6, 6.07) is 17.9. The van der Waals surface area contributed by atoms with Crippen LogP contribution in [0.3, 0.4) is 0 Å². The van der Waals surface area contributed by atoms with Gasteiger partial charge in [-0.1, -0.05) is 29.8 Å². The van der Waals surface area contributed by atoms with Crippen LogP contribution in [0.15, 0.2) is 71.8 Å². The van der Waals surface area contributed by atoms with Crippen LogP contribution in [0.1, 0.15) is 21.5 Å². The molecule has 0 spiro atoms. The molecule has 1 amide bonds. The number of nitrogens with zero attached hydrogens (tertiary/aromatic N) is 1. The van der Waals surface area contributed by atoms with E-state index in [2.05, 4.69) is 10.5 Å². The van der Waals surface area contributed by atoms with Crippen LogP contribution >= 0.6 is 11.6 Å². The Morgan fingerprint density at radius 2 is 1.90 bits per heavy atom. The van der Waals surface area contributed by atoms with E-state index in [1.54, 1.807) is 54.6 Å². The first-order valence-electron chi connectivity index (χ1n) is 8.69. The van der Waals surface area contributed by atoms with Gasteiger partial charge in [0.2, 0.25) is 0 Å². The van der Waals surface area contributed by atoms with Gasteiger partial charge in [-0.2, -0.15) is 5.10 Å². The minimum Gasteiger partial charge on any atom is -0.493 e. The average molecular weight is 413 g/mol. The number of carbonyl (C=O) groups is 1. The first-order valence-corrected chi connectivity index (χ1v) is 9.07. The fourth-order valence-electron chi connectivity index (χ4n) is 2.49. The third kappa shape index (κ3) is 5.80. The lowest BCUT2D eigenvalue weighted by atomic mass is 10.2. The minimum absolute atomic E-state index is 0.278. The fourth-order valence-corrected chi connectivity index (χ4v) is 2.68. The molecule has 0 heterocycles. The van der Waals surface area contributed by atoms with Crippen LogP contribution < -0.4 is 14.9 Å². The predicted molar refractivity (Wildman–Crippen MR) is 110 cm³/mol. The molecule has 0 radical (unpaired) electrons. The molecule has 5 nitrogen and oxygen atoms in total. The highest BCUT2D eigenvalue weighted by atomic mass is 35.5. The van der Waals surface area contributed by atoms with Crippen molar-refractivity contribution in [2.75, 3.05) is 7.11 Å². The summed E-state index contributed by atoms with van der Waals surface area (Å²) in [4.78, 5) is 12.1. The molecule has 7 heteroatoms. The van der Waals surface area contributed by atoms with E-state index in [1.807, 2.05) is 0 Å². The molecule has 3 aromatic rings. The average Bonchev–Trinajstić information content (AvgIpc) is 2.73. The molecule has 0 saturated heterocycles. The van der Waals surface area contributed by atoms with Crippen molar-refractivity contribution in [1.29, 1.82) is 0 Å². The molecule has 0 aliphatic heterocycles. The third-order valence-corrected chi connectivity index (χ3v) is 4.20. The second-order valence-electron chi connectivity index (χ2n) is 6.03. The van der Waals surface area contributed by atoms with E-state index in [0.29, 0.717) is 27.6 Å². The topological polar surface area (TPSA) is 59.9 Å². The zero-order valence-corrected chi connectivity index (χ0v) is 16.3. The van der Waals surface area contributed by atoms with Gasteiger partial charge < -0.3 is 9.47 Å². The highest BCUT2D eigenvalue weighted by molar-refractivity contribution is 6.30. The molecular formula is C22H18ClFN2O3. The molecule has 0 aliphatic rings. The molecule has 0 aliphatic carbocycles. The SMILES string of the molecule is COc1cc(/C=N\NC(=O)c2cccc(Cl)c2)ccc1OCc1ccc(F)cc1. The standard InChI is InChI=1S/C22H18ClFN2O3/c1-28-21-11-16(13-25-26-22(27)17-3-2-4-18(23)12-17)7-10-20(21)29-14-15-5-8-19(24)9-6-15/h2-13H,14H2,1H3,(H,26,27)/b25-13-. The maximum Gasteiger partial charge on any atom is 0.271 e. The number of hydrogen-bond donors (Lipinski definition) is 1. The van der Waals surface area contributed by atoms with Gasteiger partial charge in [0.25, 0.3) is 5.91 Å². The van der Waals surface area contributed by atoms with Gasteiger partial charge >= 0.3 is 0 Å². The van der Waals surface area contributed by atoms with Crippen LogP contribution in [0.4, 0.5) is 4.39 Å². The molecule has 148 valence electrons. The van der Waals surface area contributed by atoms with Gasteiger partial charge in [-0.3, -0.25) is 4.79 Å². The third-order valence-electron chi connectivity index (χ3n) is 3.96. The van der Waals surface area contributed by atoms with E-state index in [0.717, 1.165) is 5.56 Å². The van der Waals surface area contributed by atoms with E-state index in [9.17, 15) is 9.18 Å². The molecular weight excluding hydrogens is 395 g/mol. The van der Waals surface area contributed by atoms with Crippen LogP contribution in [0.2, 0.25) is 5.02 Å². The van der Waals surface area contributed by atoms with E-state index in [-0.39, 0.29) is 18.3 Å². The van der Waals surface area contributed by atoms with Crippen LogP contribution in [-0.2, 0) is 6.61 Å². The summed E-state index contributed by atoms with van der Waals surface area (Å²) < 4.78 is 24.1. The van der Waals surface area contributed by atoms with Gasteiger partial charge in [0, 0.05) is 10.6 Å². The van der Waals surface area contributed by atoms with Crippen molar-refractivity contribution < 1.29 is 18.7 Å². The maximum atomic E-state index is 13.0. The highest BCUT2D eigenvalue weighted by Gasteiger charge is 2.07. The fraction of sp³-hybridized carbons (Fsp3) is 0.0909. The number of rotatable bonds is 7. The molecule has 3 aromatic carbocycles. The first-order chi connectivity index (χ1) is 14.0. The molecule has 0 fully saturated rings. The summed E-state index contributed by atoms with van der Waals surface area (Å²) in [5.74, 6) is 0.390. The van der Waals surface area contributed by atoms with Gasteiger partial charge in [0.05, 0.1) is 13.3 Å². The van der Waals surface area contributed by atoms with Gasteiger partial charge in [0.15, 0.2) is 11.5 Å². The smallest absolute Gasteiger partial charge is 0.271 e. The number of nitrogens with one attached hydrogen (secondary N) is 1. The second kappa shape index (κ2) is 9.71. The maximum absolute atomic E-state index is 13.0. The van der Waals surface area contributed by atoms with Crippen molar-refractivity contribution in [2.45, 2.75) is 6.61 Å². The summed E-state index contributed by atoms with van der Waals surface area (Å²) in [5, 5.41) is 4.43. The van der Waals surface area contributed by atoms with E-state index in [4.69, 9.17) is 21.1 Å². The Hall–Kier alpha value is -3.38. The van der Waals surface area contributed by atoms with E-state index >= 15 is 0 Å². The highest BCUT2D eigenvalue weighted by Crippen LogP contribution is 2.28. The number of hydrazone groups is 1. The molecule has 0 bridgehead atoms.